The van der Waals surface area contributed by atoms with Crippen LogP contribution in [-0.2, 0) is 11.3 Å². The van der Waals surface area contributed by atoms with Gasteiger partial charge in [0.25, 0.3) is 0 Å². The second kappa shape index (κ2) is 7.73. The lowest BCUT2D eigenvalue weighted by Crippen LogP contribution is -2.45. The number of hydrogen-bond acceptors (Lipinski definition) is 4. The van der Waals surface area contributed by atoms with E-state index in [-0.39, 0.29) is 18.3 Å². The van der Waals surface area contributed by atoms with Gasteiger partial charge < -0.3 is 11.1 Å². The molecule has 0 saturated carbocycles. The van der Waals surface area contributed by atoms with Crippen LogP contribution in [0.3, 0.4) is 0 Å². The van der Waals surface area contributed by atoms with Crippen molar-refractivity contribution < 1.29 is 4.79 Å². The quantitative estimate of drug-likeness (QED) is 0.856. The highest BCUT2D eigenvalue weighted by molar-refractivity contribution is 7.18. The fourth-order valence-electron chi connectivity index (χ4n) is 2.29. The van der Waals surface area contributed by atoms with Crippen LogP contribution in [0, 0.1) is 5.41 Å². The lowest BCUT2D eigenvalue weighted by Gasteiger charge is -2.28. The molecule has 4 nitrogen and oxygen atoms in total. The van der Waals surface area contributed by atoms with Gasteiger partial charge in [0.05, 0.1) is 22.2 Å². The number of nitrogens with zero attached hydrogens (tertiary/aromatic N) is 1. The van der Waals surface area contributed by atoms with Crippen LogP contribution in [0.5, 0.6) is 0 Å². The molecule has 0 spiro atoms. The average Bonchev–Trinajstić information content (AvgIpc) is 2.90. The molecular weight excluding hydrogens is 306 g/mol. The van der Waals surface area contributed by atoms with Crippen molar-refractivity contribution in [1.82, 2.24) is 10.3 Å². The minimum absolute atomic E-state index is 0. The van der Waals surface area contributed by atoms with Gasteiger partial charge in [-0.3, -0.25) is 4.79 Å². The van der Waals surface area contributed by atoms with Crippen LogP contribution in [0.25, 0.3) is 10.2 Å². The maximum atomic E-state index is 12.3. The smallest absolute Gasteiger partial charge is 0.227 e. The Hall–Kier alpha value is -1.17. The minimum atomic E-state index is -0.448. The highest BCUT2D eigenvalue weighted by Gasteiger charge is 2.33. The molecule has 0 fully saturated rings. The van der Waals surface area contributed by atoms with Gasteiger partial charge >= 0.3 is 0 Å². The Kier molecular flexibility index (Phi) is 6.58. The monoisotopic (exact) mass is 327 g/mol. The number of nitrogens with one attached hydrogen (secondary N) is 1. The molecule has 0 aliphatic rings. The average molecular weight is 328 g/mol. The number of halogens is 1. The molecule has 0 aliphatic carbocycles. The Bertz CT molecular complexity index is 554. The number of hydrogen-bond donors (Lipinski definition) is 2. The van der Waals surface area contributed by atoms with E-state index in [1.54, 1.807) is 11.3 Å². The molecular formula is C15H22ClN3OS. The van der Waals surface area contributed by atoms with E-state index >= 15 is 0 Å². The zero-order valence-electron chi connectivity index (χ0n) is 12.4. The van der Waals surface area contributed by atoms with Gasteiger partial charge in [0.1, 0.15) is 5.01 Å². The third kappa shape index (κ3) is 3.73. The van der Waals surface area contributed by atoms with E-state index < -0.39 is 5.41 Å². The number of fused-ring (bicyclic) bond motifs is 1. The van der Waals surface area contributed by atoms with Crippen LogP contribution >= 0.6 is 23.7 Å². The summed E-state index contributed by atoms with van der Waals surface area (Å²) in [4.78, 5) is 16.8. The second-order valence-electron chi connectivity index (χ2n) is 4.95. The molecule has 0 atom stereocenters. The van der Waals surface area contributed by atoms with Gasteiger partial charge in [0.2, 0.25) is 5.91 Å². The molecule has 21 heavy (non-hydrogen) atoms. The summed E-state index contributed by atoms with van der Waals surface area (Å²) in [6.45, 7) is 4.87. The van der Waals surface area contributed by atoms with Crippen molar-refractivity contribution in [3.05, 3.63) is 29.3 Å². The molecule has 0 aliphatic heterocycles. The number of para-hydroxylation sites is 1. The van der Waals surface area contributed by atoms with Gasteiger partial charge in [-0.15, -0.1) is 23.7 Å². The number of rotatable bonds is 6. The Balaban J connectivity index is 0.00000220. The van der Waals surface area contributed by atoms with Gasteiger partial charge in [0, 0.05) is 6.54 Å². The maximum Gasteiger partial charge on any atom is 0.227 e. The number of benzene rings is 1. The fourth-order valence-corrected chi connectivity index (χ4v) is 3.20. The lowest BCUT2D eigenvalue weighted by atomic mass is 9.81. The summed E-state index contributed by atoms with van der Waals surface area (Å²) in [5, 5.41) is 3.91. The Labute approximate surface area is 135 Å². The molecule has 1 aromatic heterocycles. The van der Waals surface area contributed by atoms with Crippen LogP contribution in [-0.4, -0.2) is 17.4 Å². The highest BCUT2D eigenvalue weighted by atomic mass is 35.5. The molecule has 2 aromatic rings. The SMILES string of the molecule is CCC(CC)(CN)C(=O)NCc1nc2ccccc2s1.Cl. The number of carbonyl (C=O) groups excluding carboxylic acids is 1. The van der Waals surface area contributed by atoms with E-state index in [0.717, 1.165) is 28.1 Å². The number of amides is 1. The third-order valence-electron chi connectivity index (χ3n) is 3.96. The molecule has 1 amide bonds. The first-order chi connectivity index (χ1) is 9.65. The normalized spacial score (nSPS) is 11.2. The lowest BCUT2D eigenvalue weighted by molar-refractivity contribution is -0.131. The number of thiazole rings is 1. The van der Waals surface area contributed by atoms with Crippen molar-refractivity contribution in [2.24, 2.45) is 11.1 Å². The summed E-state index contributed by atoms with van der Waals surface area (Å²) in [6.07, 6.45) is 1.51. The standard InChI is InChI=1S/C15H21N3OS.ClH/c1-3-15(4-2,10-16)14(19)17-9-13-18-11-7-5-6-8-12(11)20-13;/h5-8H,3-4,9-10,16H2,1-2H3,(H,17,19);1H. The largest absolute Gasteiger partial charge is 0.349 e. The number of carbonyl (C=O) groups is 1. The van der Waals surface area contributed by atoms with Crippen molar-refractivity contribution in [3.8, 4) is 0 Å². The van der Waals surface area contributed by atoms with Crippen molar-refractivity contribution in [2.75, 3.05) is 6.54 Å². The van der Waals surface area contributed by atoms with Crippen LogP contribution in [0.15, 0.2) is 24.3 Å². The molecule has 116 valence electrons. The van der Waals surface area contributed by atoms with Crippen molar-refractivity contribution in [1.29, 1.82) is 0 Å². The van der Waals surface area contributed by atoms with Crippen molar-refractivity contribution >= 4 is 39.9 Å². The zero-order chi connectivity index (χ0) is 14.6. The molecule has 0 saturated heterocycles. The third-order valence-corrected chi connectivity index (χ3v) is 5.00. The first kappa shape index (κ1) is 17.9. The second-order valence-corrected chi connectivity index (χ2v) is 6.06. The highest BCUT2D eigenvalue weighted by Crippen LogP contribution is 2.26. The first-order valence-corrected chi connectivity index (χ1v) is 7.79. The topological polar surface area (TPSA) is 68.0 Å². The summed E-state index contributed by atoms with van der Waals surface area (Å²) < 4.78 is 1.15. The van der Waals surface area contributed by atoms with Crippen molar-refractivity contribution in [3.63, 3.8) is 0 Å². The van der Waals surface area contributed by atoms with Gasteiger partial charge in [-0.25, -0.2) is 4.98 Å². The Morgan fingerprint density at radius 2 is 2.00 bits per heavy atom. The number of aromatic nitrogens is 1. The van der Waals surface area contributed by atoms with Gasteiger partial charge in [-0.2, -0.15) is 0 Å². The van der Waals surface area contributed by atoms with E-state index in [2.05, 4.69) is 10.3 Å². The molecule has 1 aromatic carbocycles. The minimum Gasteiger partial charge on any atom is -0.349 e. The fraction of sp³-hybridized carbons (Fsp3) is 0.467. The summed E-state index contributed by atoms with van der Waals surface area (Å²) in [6, 6.07) is 7.99. The zero-order valence-corrected chi connectivity index (χ0v) is 14.0. The van der Waals surface area contributed by atoms with E-state index in [9.17, 15) is 4.79 Å². The summed E-state index contributed by atoms with van der Waals surface area (Å²) in [5.41, 5.74) is 6.32. The van der Waals surface area contributed by atoms with Gasteiger partial charge in [-0.05, 0) is 25.0 Å². The van der Waals surface area contributed by atoms with Gasteiger partial charge in [-0.1, -0.05) is 26.0 Å². The summed E-state index contributed by atoms with van der Waals surface area (Å²) in [5.74, 6) is 0.0317. The first-order valence-electron chi connectivity index (χ1n) is 6.98. The van der Waals surface area contributed by atoms with E-state index in [4.69, 9.17) is 5.73 Å². The molecule has 1 heterocycles. The molecule has 2 rings (SSSR count). The van der Waals surface area contributed by atoms with Crippen LogP contribution in [0.1, 0.15) is 31.7 Å². The van der Waals surface area contributed by atoms with E-state index in [0.29, 0.717) is 13.1 Å². The number of nitrogens with two attached hydrogens (primary N) is 1. The Morgan fingerprint density at radius 3 is 2.57 bits per heavy atom. The van der Waals surface area contributed by atoms with Crippen LogP contribution in [0.2, 0.25) is 0 Å². The molecule has 0 unspecified atom stereocenters. The predicted molar refractivity (Wildman–Crippen MR) is 90.8 cm³/mol. The van der Waals surface area contributed by atoms with E-state index in [1.807, 2.05) is 38.1 Å². The maximum absolute atomic E-state index is 12.3. The van der Waals surface area contributed by atoms with Crippen LogP contribution < -0.4 is 11.1 Å². The molecule has 0 radical (unpaired) electrons. The van der Waals surface area contributed by atoms with Gasteiger partial charge in [0.15, 0.2) is 0 Å². The Morgan fingerprint density at radius 1 is 1.33 bits per heavy atom. The molecule has 3 N–H and O–H groups in total. The summed E-state index contributed by atoms with van der Waals surface area (Å²) >= 11 is 1.62. The summed E-state index contributed by atoms with van der Waals surface area (Å²) in [7, 11) is 0. The van der Waals surface area contributed by atoms with Crippen LogP contribution in [0.4, 0.5) is 0 Å². The van der Waals surface area contributed by atoms with Crippen molar-refractivity contribution in [2.45, 2.75) is 33.2 Å². The molecule has 0 bridgehead atoms. The molecule has 6 heteroatoms. The van der Waals surface area contributed by atoms with E-state index in [1.165, 1.54) is 0 Å². The predicted octanol–water partition coefficient (Wildman–Crippen LogP) is 3.10.